The van der Waals surface area contributed by atoms with Crippen molar-refractivity contribution in [3.8, 4) is 0 Å². The van der Waals surface area contributed by atoms with Crippen molar-refractivity contribution in [1.82, 2.24) is 5.32 Å². The molecule has 1 amide bonds. The Morgan fingerprint density at radius 1 is 1.00 bits per heavy atom. The Labute approximate surface area is 139 Å². The van der Waals surface area contributed by atoms with E-state index in [0.717, 1.165) is 0 Å². The first-order valence-corrected chi connectivity index (χ1v) is 7.54. The average Bonchev–Trinajstić information content (AvgIpc) is 2.61. The Bertz CT molecular complexity index is 759. The highest BCUT2D eigenvalue weighted by Gasteiger charge is 2.24. The van der Waals surface area contributed by atoms with E-state index in [4.69, 9.17) is 0 Å². The molecule has 2 unspecified atom stereocenters. The topological polar surface area (TPSA) is 89.3 Å². The zero-order valence-corrected chi connectivity index (χ0v) is 13.4. The second-order valence-electron chi connectivity index (χ2n) is 5.59. The van der Waals surface area contributed by atoms with Crippen LogP contribution in [-0.2, 0) is 0 Å². The first-order chi connectivity index (χ1) is 11.4. The second kappa shape index (κ2) is 7.50. The molecule has 0 fully saturated rings. The van der Waals surface area contributed by atoms with Crippen molar-refractivity contribution >= 4 is 17.4 Å². The quantitative estimate of drug-likeness (QED) is 0.501. The van der Waals surface area contributed by atoms with Gasteiger partial charge < -0.3 is 5.32 Å². The molecule has 0 heterocycles. The first-order valence-electron chi connectivity index (χ1n) is 7.54. The summed E-state index contributed by atoms with van der Waals surface area (Å²) in [6.07, 6.45) is 0. The minimum absolute atomic E-state index is 0.131. The maximum Gasteiger partial charge on any atom is 0.270 e. The number of rotatable bonds is 6. The molecule has 0 aliphatic rings. The predicted molar refractivity (Wildman–Crippen MR) is 90.0 cm³/mol. The van der Waals surface area contributed by atoms with Gasteiger partial charge >= 0.3 is 0 Å². The van der Waals surface area contributed by atoms with Crippen molar-refractivity contribution in [3.63, 3.8) is 0 Å². The Kier molecular flexibility index (Phi) is 5.42. The van der Waals surface area contributed by atoms with E-state index >= 15 is 0 Å². The summed E-state index contributed by atoms with van der Waals surface area (Å²) < 4.78 is 0. The zero-order chi connectivity index (χ0) is 17.7. The van der Waals surface area contributed by atoms with Crippen LogP contribution in [0.2, 0.25) is 0 Å². The Morgan fingerprint density at radius 3 is 2.25 bits per heavy atom. The molecular weight excluding hydrogens is 308 g/mol. The van der Waals surface area contributed by atoms with Gasteiger partial charge in [-0.2, -0.15) is 0 Å². The van der Waals surface area contributed by atoms with Crippen LogP contribution in [0.5, 0.6) is 0 Å². The third-order valence-corrected chi connectivity index (χ3v) is 3.90. The largest absolute Gasteiger partial charge is 0.349 e. The molecule has 1 N–H and O–H groups in total. The summed E-state index contributed by atoms with van der Waals surface area (Å²) in [6.45, 7) is 3.43. The summed E-state index contributed by atoms with van der Waals surface area (Å²) in [7, 11) is 0. The molecule has 2 aromatic rings. The van der Waals surface area contributed by atoms with Gasteiger partial charge in [0.2, 0.25) is 0 Å². The summed E-state index contributed by atoms with van der Waals surface area (Å²) in [5, 5.41) is 13.6. The highest BCUT2D eigenvalue weighted by atomic mass is 16.6. The third kappa shape index (κ3) is 4.04. The summed E-state index contributed by atoms with van der Waals surface area (Å²) in [4.78, 5) is 34.9. The number of non-ortho nitro benzene ring substituents is 1. The van der Waals surface area contributed by atoms with Gasteiger partial charge in [0.05, 0.1) is 4.92 Å². The van der Waals surface area contributed by atoms with Crippen LogP contribution in [0.25, 0.3) is 0 Å². The number of nitrogens with one attached hydrogen (secondary N) is 1. The Morgan fingerprint density at radius 2 is 1.62 bits per heavy atom. The number of carbonyl (C=O) groups excluding carboxylic acids is 2. The molecule has 2 atom stereocenters. The van der Waals surface area contributed by atoms with Crippen LogP contribution < -0.4 is 5.32 Å². The van der Waals surface area contributed by atoms with Crippen LogP contribution in [0, 0.1) is 16.0 Å². The van der Waals surface area contributed by atoms with Crippen LogP contribution in [0.15, 0.2) is 54.6 Å². The minimum Gasteiger partial charge on any atom is -0.349 e. The fraction of sp³-hybridized carbons (Fsp3) is 0.222. The zero-order valence-electron chi connectivity index (χ0n) is 13.4. The highest BCUT2D eigenvalue weighted by Crippen LogP contribution is 2.18. The molecule has 124 valence electrons. The molecule has 0 saturated heterocycles. The number of carbonyl (C=O) groups is 2. The number of ketones is 1. The average molecular weight is 326 g/mol. The molecule has 0 saturated carbocycles. The predicted octanol–water partition coefficient (Wildman–Crippen LogP) is 3.23. The third-order valence-electron chi connectivity index (χ3n) is 3.90. The molecule has 0 aliphatic carbocycles. The van der Waals surface area contributed by atoms with Crippen molar-refractivity contribution in [2.75, 3.05) is 0 Å². The Balaban J connectivity index is 2.08. The van der Waals surface area contributed by atoms with Gasteiger partial charge in [0.15, 0.2) is 5.78 Å². The van der Waals surface area contributed by atoms with Gasteiger partial charge in [-0.05, 0) is 19.1 Å². The number of hydrogen-bond acceptors (Lipinski definition) is 4. The number of benzene rings is 2. The van der Waals surface area contributed by atoms with Gasteiger partial charge in [0, 0.05) is 35.2 Å². The van der Waals surface area contributed by atoms with Crippen molar-refractivity contribution in [1.29, 1.82) is 0 Å². The van der Waals surface area contributed by atoms with Gasteiger partial charge in [-0.3, -0.25) is 19.7 Å². The van der Waals surface area contributed by atoms with E-state index in [1.165, 1.54) is 24.3 Å². The van der Waals surface area contributed by atoms with E-state index in [1.54, 1.807) is 38.1 Å². The number of amides is 1. The smallest absolute Gasteiger partial charge is 0.270 e. The lowest BCUT2D eigenvalue weighted by molar-refractivity contribution is -0.384. The van der Waals surface area contributed by atoms with Gasteiger partial charge in [0.25, 0.3) is 11.6 Å². The van der Waals surface area contributed by atoms with Gasteiger partial charge in [-0.15, -0.1) is 0 Å². The molecule has 0 radical (unpaired) electrons. The summed E-state index contributed by atoms with van der Waals surface area (Å²) in [5.74, 6) is -1.03. The fourth-order valence-corrected chi connectivity index (χ4v) is 2.27. The van der Waals surface area contributed by atoms with Crippen LogP contribution in [0.4, 0.5) is 5.69 Å². The van der Waals surface area contributed by atoms with Crippen LogP contribution in [-0.4, -0.2) is 22.7 Å². The molecule has 2 aromatic carbocycles. The van der Waals surface area contributed by atoms with Crippen molar-refractivity contribution in [2.24, 2.45) is 5.92 Å². The fourth-order valence-electron chi connectivity index (χ4n) is 2.27. The lowest BCUT2D eigenvalue weighted by Gasteiger charge is -2.20. The SMILES string of the molecule is CC(NC(=O)c1ccccc1)C(C)C(=O)c1cccc([N+](=O)[O-])c1. The van der Waals surface area contributed by atoms with Crippen LogP contribution in [0.3, 0.4) is 0 Å². The maximum atomic E-state index is 12.5. The van der Waals surface area contributed by atoms with E-state index in [1.807, 2.05) is 6.07 Å². The van der Waals surface area contributed by atoms with Crippen molar-refractivity contribution in [3.05, 3.63) is 75.8 Å². The van der Waals surface area contributed by atoms with E-state index in [0.29, 0.717) is 5.56 Å². The number of hydrogen-bond donors (Lipinski definition) is 1. The van der Waals surface area contributed by atoms with Crippen LogP contribution >= 0.6 is 0 Å². The normalized spacial score (nSPS) is 12.9. The monoisotopic (exact) mass is 326 g/mol. The molecule has 6 nitrogen and oxygen atoms in total. The Hall–Kier alpha value is -3.02. The van der Waals surface area contributed by atoms with E-state index in [9.17, 15) is 19.7 Å². The number of nitro benzene ring substituents is 1. The minimum atomic E-state index is -0.540. The van der Waals surface area contributed by atoms with Gasteiger partial charge in [-0.25, -0.2) is 0 Å². The summed E-state index contributed by atoms with van der Waals surface area (Å²) >= 11 is 0. The van der Waals surface area contributed by atoms with Crippen molar-refractivity contribution in [2.45, 2.75) is 19.9 Å². The molecule has 6 heteroatoms. The molecule has 0 aromatic heterocycles. The lowest BCUT2D eigenvalue weighted by Crippen LogP contribution is -2.40. The number of nitrogens with zero attached hydrogens (tertiary/aromatic N) is 1. The standard InChI is InChI=1S/C18H18N2O4/c1-12(13(2)19-18(22)14-7-4-3-5-8-14)17(21)15-9-6-10-16(11-15)20(23)24/h3-13H,1-2H3,(H,19,22). The van der Waals surface area contributed by atoms with Gasteiger partial charge in [-0.1, -0.05) is 37.3 Å². The van der Waals surface area contributed by atoms with E-state index in [2.05, 4.69) is 5.32 Å². The number of nitro groups is 1. The van der Waals surface area contributed by atoms with Crippen LogP contribution in [0.1, 0.15) is 34.6 Å². The second-order valence-corrected chi connectivity index (χ2v) is 5.59. The first kappa shape index (κ1) is 17.3. The van der Waals surface area contributed by atoms with Crippen molar-refractivity contribution < 1.29 is 14.5 Å². The summed E-state index contributed by atoms with van der Waals surface area (Å²) in [6, 6.07) is 13.9. The molecule has 0 bridgehead atoms. The summed E-state index contributed by atoms with van der Waals surface area (Å²) in [5.41, 5.74) is 0.644. The van der Waals surface area contributed by atoms with E-state index < -0.39 is 16.9 Å². The molecular formula is C18H18N2O4. The van der Waals surface area contributed by atoms with Gasteiger partial charge in [0.1, 0.15) is 0 Å². The molecule has 0 spiro atoms. The number of Topliss-reactive ketones (excluding diaryl/α,β-unsaturated/α-hetero) is 1. The molecule has 2 rings (SSSR count). The highest BCUT2D eigenvalue weighted by molar-refractivity contribution is 5.99. The lowest BCUT2D eigenvalue weighted by atomic mass is 9.93. The molecule has 24 heavy (non-hydrogen) atoms. The molecule has 0 aliphatic heterocycles. The van der Waals surface area contributed by atoms with E-state index in [-0.39, 0.29) is 22.9 Å². The maximum absolute atomic E-state index is 12.5.